The van der Waals surface area contributed by atoms with E-state index in [1.165, 1.54) is 30.3 Å². The van der Waals surface area contributed by atoms with E-state index in [2.05, 4.69) is 5.32 Å². The highest BCUT2D eigenvalue weighted by Crippen LogP contribution is 2.51. The maximum absolute atomic E-state index is 14.0. The molecule has 3 aromatic rings. The lowest BCUT2D eigenvalue weighted by molar-refractivity contribution is -0.359. The predicted octanol–water partition coefficient (Wildman–Crippen LogP) is 8.54. The molecule has 0 heterocycles. The van der Waals surface area contributed by atoms with Crippen molar-refractivity contribution >= 4 is 5.69 Å². The molecule has 2 nitrogen and oxygen atoms in total. The molecule has 0 aliphatic rings. The predicted molar refractivity (Wildman–Crippen MR) is 107 cm³/mol. The van der Waals surface area contributed by atoms with Crippen LogP contribution in [0.25, 0.3) is 0 Å². The molecule has 0 unspecified atom stereocenters. The third-order valence-electron chi connectivity index (χ3n) is 4.85. The van der Waals surface area contributed by atoms with Crippen LogP contribution in [0.2, 0.25) is 0 Å². The molecule has 0 saturated heterocycles. The van der Waals surface area contributed by atoms with E-state index in [1.54, 1.807) is 0 Å². The van der Waals surface area contributed by atoms with Crippen LogP contribution in [-0.2, 0) is 18.6 Å². The van der Waals surface area contributed by atoms with Gasteiger partial charge in [0, 0.05) is 23.9 Å². The third-order valence-corrected chi connectivity index (χ3v) is 4.85. The van der Waals surface area contributed by atoms with Gasteiger partial charge >= 0.3 is 24.2 Å². The summed E-state index contributed by atoms with van der Waals surface area (Å²) in [4.78, 5) is 0. The van der Waals surface area contributed by atoms with Crippen LogP contribution in [0.1, 0.15) is 16.7 Å². The molecule has 1 N–H and O–H groups in total. The van der Waals surface area contributed by atoms with Crippen molar-refractivity contribution in [2.75, 3.05) is 5.32 Å². The summed E-state index contributed by atoms with van der Waals surface area (Å²) in [6.07, 6.45) is -11.4. The lowest BCUT2D eigenvalue weighted by Gasteiger charge is -2.28. The molecule has 0 fully saturated rings. The van der Waals surface area contributed by atoms with E-state index in [0.29, 0.717) is 24.3 Å². The summed E-state index contributed by atoms with van der Waals surface area (Å²) >= 11 is 0. The lowest BCUT2D eigenvalue weighted by Crippen LogP contribution is -2.50. The molecule has 36 heavy (non-hydrogen) atoms. The van der Waals surface area contributed by atoms with Crippen LogP contribution in [0.5, 0.6) is 11.5 Å². The van der Waals surface area contributed by atoms with Gasteiger partial charge in [-0.25, -0.2) is 4.39 Å². The quantitative estimate of drug-likeness (QED) is 0.310. The fourth-order valence-corrected chi connectivity index (χ4v) is 3.03. The van der Waals surface area contributed by atoms with Gasteiger partial charge in [-0.2, -0.15) is 43.9 Å². The van der Waals surface area contributed by atoms with Gasteiger partial charge < -0.3 is 10.1 Å². The van der Waals surface area contributed by atoms with Crippen molar-refractivity contribution in [3.63, 3.8) is 0 Å². The van der Waals surface area contributed by atoms with Crippen molar-refractivity contribution in [3.8, 4) is 11.5 Å². The number of alkyl halides is 10. The number of anilines is 1. The molecule has 0 aromatic heterocycles. The summed E-state index contributed by atoms with van der Waals surface area (Å²) < 4.78 is 149. The highest BCUT2D eigenvalue weighted by atomic mass is 19.4. The molecule has 13 heteroatoms. The smallest absolute Gasteiger partial charge is 0.457 e. The van der Waals surface area contributed by atoms with Gasteiger partial charge in [0.1, 0.15) is 17.3 Å². The fourth-order valence-electron chi connectivity index (χ4n) is 3.03. The number of halogens is 11. The van der Waals surface area contributed by atoms with Crippen LogP contribution in [0, 0.1) is 5.82 Å². The molecule has 0 radical (unpaired) electrons. The molecular weight excluding hydrogens is 515 g/mol. The molecule has 3 aromatic carbocycles. The first-order chi connectivity index (χ1) is 16.5. The molecule has 194 valence electrons. The largest absolute Gasteiger partial charge is 0.460 e. The van der Waals surface area contributed by atoms with Gasteiger partial charge in [0.05, 0.1) is 5.56 Å². The minimum absolute atomic E-state index is 0.00448. The molecule has 0 amide bonds. The minimum atomic E-state index is -6.48. The highest BCUT2D eigenvalue weighted by molar-refractivity contribution is 5.50. The normalized spacial score (nSPS) is 13.0. The molecule has 3 rings (SSSR count). The number of rotatable bonds is 7. The van der Waals surface area contributed by atoms with Gasteiger partial charge in [-0.3, -0.25) is 0 Å². The average Bonchev–Trinajstić information content (AvgIpc) is 2.78. The molecule has 0 aliphatic heterocycles. The van der Waals surface area contributed by atoms with E-state index in [4.69, 9.17) is 4.74 Å². The Morgan fingerprint density at radius 2 is 1.33 bits per heavy atom. The van der Waals surface area contributed by atoms with Crippen molar-refractivity contribution in [2.24, 2.45) is 0 Å². The molecular formula is C23H14F11NO. The standard InChI is InChI=1S/C23H14F11NO/c24-19-8-7-17(11-18(19)21(27,28)29)36-16-6-2-5-15(10-16)35-12-13-3-1-4-14(9-13)20(25,26)22(30,31)23(32,33)34/h1-11,35H,12H2. The van der Waals surface area contributed by atoms with Crippen LogP contribution in [0.15, 0.2) is 66.7 Å². The summed E-state index contributed by atoms with van der Waals surface area (Å²) in [6.45, 7) is -0.292. The SMILES string of the molecule is Fc1ccc(Oc2cccc(NCc3cccc(C(F)(F)C(F)(F)C(F)(F)F)c3)c2)cc1C(F)(F)F. The van der Waals surface area contributed by atoms with Crippen molar-refractivity contribution in [3.05, 3.63) is 89.2 Å². The zero-order valence-electron chi connectivity index (χ0n) is 17.6. The highest BCUT2D eigenvalue weighted by Gasteiger charge is 2.73. The Kier molecular flexibility index (Phi) is 7.15. The maximum atomic E-state index is 14.0. The Bertz CT molecular complexity index is 1220. The van der Waals surface area contributed by atoms with E-state index < -0.39 is 41.1 Å². The summed E-state index contributed by atoms with van der Waals surface area (Å²) in [5.74, 6) is -13.7. The van der Waals surface area contributed by atoms with Gasteiger partial charge in [0.2, 0.25) is 0 Å². The Morgan fingerprint density at radius 3 is 1.97 bits per heavy atom. The van der Waals surface area contributed by atoms with E-state index in [1.807, 2.05) is 0 Å². The first-order valence-electron chi connectivity index (χ1n) is 9.82. The van der Waals surface area contributed by atoms with Crippen LogP contribution < -0.4 is 10.1 Å². The van der Waals surface area contributed by atoms with Gasteiger partial charge in [-0.05, 0) is 42.0 Å². The number of benzene rings is 3. The number of hydrogen-bond acceptors (Lipinski definition) is 2. The van der Waals surface area contributed by atoms with Crippen LogP contribution >= 0.6 is 0 Å². The van der Waals surface area contributed by atoms with E-state index in [9.17, 15) is 48.3 Å². The Labute approximate surface area is 196 Å². The topological polar surface area (TPSA) is 21.3 Å². The van der Waals surface area contributed by atoms with Gasteiger partial charge in [-0.15, -0.1) is 0 Å². The summed E-state index contributed by atoms with van der Waals surface area (Å²) in [5, 5.41) is 2.70. The van der Waals surface area contributed by atoms with Gasteiger partial charge in [-0.1, -0.05) is 24.3 Å². The maximum Gasteiger partial charge on any atom is 0.460 e. The molecule has 0 saturated carbocycles. The fraction of sp³-hybridized carbons (Fsp3) is 0.217. The number of nitrogens with one attached hydrogen (secondary N) is 1. The summed E-state index contributed by atoms with van der Waals surface area (Å²) in [7, 11) is 0. The van der Waals surface area contributed by atoms with E-state index in [0.717, 1.165) is 12.1 Å². The second-order valence-electron chi connectivity index (χ2n) is 7.47. The van der Waals surface area contributed by atoms with Crippen molar-refractivity contribution < 1.29 is 53.0 Å². The van der Waals surface area contributed by atoms with E-state index >= 15 is 0 Å². The second kappa shape index (κ2) is 9.51. The Hall–Kier alpha value is -3.51. The van der Waals surface area contributed by atoms with Crippen LogP contribution in [0.3, 0.4) is 0 Å². The van der Waals surface area contributed by atoms with Crippen LogP contribution in [0.4, 0.5) is 54.0 Å². The lowest BCUT2D eigenvalue weighted by atomic mass is 9.99. The third kappa shape index (κ3) is 5.65. The first kappa shape index (κ1) is 27.1. The zero-order valence-corrected chi connectivity index (χ0v) is 17.6. The van der Waals surface area contributed by atoms with Crippen molar-refractivity contribution in [2.45, 2.75) is 30.7 Å². The monoisotopic (exact) mass is 529 g/mol. The number of hydrogen-bond donors (Lipinski definition) is 1. The van der Waals surface area contributed by atoms with Crippen molar-refractivity contribution in [1.29, 1.82) is 0 Å². The minimum Gasteiger partial charge on any atom is -0.457 e. The van der Waals surface area contributed by atoms with Crippen LogP contribution in [-0.4, -0.2) is 12.1 Å². The molecule has 0 bridgehead atoms. The second-order valence-corrected chi connectivity index (χ2v) is 7.47. The molecule has 0 aliphatic carbocycles. The first-order valence-corrected chi connectivity index (χ1v) is 9.82. The Morgan fingerprint density at radius 1 is 0.694 bits per heavy atom. The van der Waals surface area contributed by atoms with Gasteiger partial charge in [0.15, 0.2) is 0 Å². The van der Waals surface area contributed by atoms with Crippen molar-refractivity contribution in [1.82, 2.24) is 0 Å². The number of ether oxygens (including phenoxy) is 1. The molecule has 0 spiro atoms. The van der Waals surface area contributed by atoms with E-state index in [-0.39, 0.29) is 29.3 Å². The molecule has 0 atom stereocenters. The zero-order chi connectivity index (χ0) is 26.9. The van der Waals surface area contributed by atoms with Gasteiger partial charge in [0.25, 0.3) is 0 Å². The summed E-state index contributed by atoms with van der Waals surface area (Å²) in [6, 6.07) is 10.5. The Balaban J connectivity index is 1.75. The summed E-state index contributed by atoms with van der Waals surface area (Å²) in [5.41, 5.74) is -2.91. The average molecular weight is 529 g/mol.